The molecule has 0 aliphatic heterocycles. The lowest BCUT2D eigenvalue weighted by Crippen LogP contribution is -2.32. The molecule has 0 spiro atoms. The van der Waals surface area contributed by atoms with E-state index in [4.69, 9.17) is 28.9 Å². The summed E-state index contributed by atoms with van der Waals surface area (Å²) in [5, 5.41) is 0.472. The lowest BCUT2D eigenvalue weighted by molar-refractivity contribution is 0.255. The first-order valence-electron chi connectivity index (χ1n) is 3.48. The highest BCUT2D eigenvalue weighted by Gasteiger charge is 2.14. The summed E-state index contributed by atoms with van der Waals surface area (Å²) in [6, 6.07) is 0.946. The van der Waals surface area contributed by atoms with Gasteiger partial charge in [0.1, 0.15) is 10.3 Å². The molecule has 1 rings (SSSR count). The molecule has 1 aromatic heterocycles. The lowest BCUT2D eigenvalue weighted by Gasteiger charge is -2.16. The van der Waals surface area contributed by atoms with Gasteiger partial charge in [-0.3, -0.25) is 4.90 Å². The van der Waals surface area contributed by atoms with E-state index in [0.717, 1.165) is 0 Å². The molecule has 0 aromatic carbocycles. The molecule has 0 saturated carbocycles. The van der Waals surface area contributed by atoms with Crippen molar-refractivity contribution in [1.29, 1.82) is 0 Å². The van der Waals surface area contributed by atoms with E-state index in [0.29, 0.717) is 9.26 Å². The minimum absolute atomic E-state index is 0.221. The van der Waals surface area contributed by atoms with Gasteiger partial charge in [0.15, 0.2) is 0 Å². The SMILES string of the molecule is CN(C(N)=O)c1cc(Cl)nc(Cl)c1I. The van der Waals surface area contributed by atoms with Crippen molar-refractivity contribution in [2.75, 3.05) is 11.9 Å². The Morgan fingerprint density at radius 1 is 1.64 bits per heavy atom. The maximum atomic E-state index is 10.9. The second-order valence-electron chi connectivity index (χ2n) is 2.47. The molecular formula is C7H6Cl2IN3O. The molecule has 2 N–H and O–H groups in total. The molecule has 0 unspecified atom stereocenters. The second kappa shape index (κ2) is 4.50. The number of rotatable bonds is 1. The topological polar surface area (TPSA) is 59.2 Å². The zero-order valence-corrected chi connectivity index (χ0v) is 10.8. The summed E-state index contributed by atoms with van der Waals surface area (Å²) in [6.45, 7) is 0. The number of pyridine rings is 1. The monoisotopic (exact) mass is 345 g/mol. The minimum atomic E-state index is -0.582. The average molecular weight is 346 g/mol. The summed E-state index contributed by atoms with van der Waals surface area (Å²) in [4.78, 5) is 16.0. The first kappa shape index (κ1) is 11.8. The van der Waals surface area contributed by atoms with Gasteiger partial charge in [-0.15, -0.1) is 0 Å². The van der Waals surface area contributed by atoms with E-state index in [-0.39, 0.29) is 10.3 Å². The standard InChI is InChI=1S/C7H6Cl2IN3O/c1-13(7(11)14)3-2-4(8)12-6(9)5(3)10/h2H,1H3,(H2,11,14). The Bertz CT molecular complexity index is 385. The minimum Gasteiger partial charge on any atom is -0.351 e. The number of hydrogen-bond donors (Lipinski definition) is 1. The highest BCUT2D eigenvalue weighted by molar-refractivity contribution is 14.1. The third-order valence-corrected chi connectivity index (χ3v) is 3.41. The number of carbonyl (C=O) groups excluding carboxylic acids is 1. The Labute approximate surface area is 105 Å². The van der Waals surface area contributed by atoms with Gasteiger partial charge in [0, 0.05) is 13.1 Å². The van der Waals surface area contributed by atoms with Crippen LogP contribution >= 0.6 is 45.8 Å². The Morgan fingerprint density at radius 3 is 2.71 bits per heavy atom. The number of urea groups is 1. The van der Waals surface area contributed by atoms with E-state index < -0.39 is 6.03 Å². The summed E-state index contributed by atoms with van der Waals surface area (Å²) in [7, 11) is 1.53. The fourth-order valence-electron chi connectivity index (χ4n) is 0.820. The van der Waals surface area contributed by atoms with Crippen molar-refractivity contribution < 1.29 is 4.79 Å². The molecule has 0 fully saturated rings. The Kier molecular flexibility index (Phi) is 3.79. The van der Waals surface area contributed by atoms with E-state index in [2.05, 4.69) is 4.98 Å². The van der Waals surface area contributed by atoms with E-state index in [1.54, 1.807) is 0 Å². The molecule has 0 saturated heterocycles. The quantitative estimate of drug-likeness (QED) is 0.628. The normalized spacial score (nSPS) is 10.0. The van der Waals surface area contributed by atoms with Crippen molar-refractivity contribution in [2.24, 2.45) is 5.73 Å². The number of halogens is 3. The number of aromatic nitrogens is 1. The molecule has 0 aliphatic rings. The van der Waals surface area contributed by atoms with E-state index in [1.165, 1.54) is 18.0 Å². The predicted molar refractivity (Wildman–Crippen MR) is 65.0 cm³/mol. The number of nitrogens with zero attached hydrogens (tertiary/aromatic N) is 2. The fraction of sp³-hybridized carbons (Fsp3) is 0.143. The van der Waals surface area contributed by atoms with Crippen molar-refractivity contribution in [3.05, 3.63) is 19.9 Å². The Morgan fingerprint density at radius 2 is 2.21 bits per heavy atom. The Balaban J connectivity index is 3.26. The summed E-state index contributed by atoms with van der Waals surface area (Å²) >= 11 is 13.4. The summed E-state index contributed by atoms with van der Waals surface area (Å²) in [5.74, 6) is 0. The van der Waals surface area contributed by atoms with Crippen LogP contribution in [0, 0.1) is 3.57 Å². The first-order valence-corrected chi connectivity index (χ1v) is 5.31. The van der Waals surface area contributed by atoms with Crippen LogP contribution in [-0.2, 0) is 0 Å². The van der Waals surface area contributed by atoms with Crippen LogP contribution in [0.1, 0.15) is 0 Å². The molecule has 7 heteroatoms. The van der Waals surface area contributed by atoms with E-state index in [1.807, 2.05) is 22.6 Å². The van der Waals surface area contributed by atoms with Crippen LogP contribution in [0.25, 0.3) is 0 Å². The van der Waals surface area contributed by atoms with Gasteiger partial charge in [0.2, 0.25) is 0 Å². The van der Waals surface area contributed by atoms with Crippen molar-refractivity contribution in [2.45, 2.75) is 0 Å². The highest BCUT2D eigenvalue weighted by atomic mass is 127. The number of amides is 2. The van der Waals surface area contributed by atoms with Gasteiger partial charge in [0.25, 0.3) is 0 Å². The largest absolute Gasteiger partial charge is 0.351 e. The van der Waals surface area contributed by atoms with Gasteiger partial charge in [0.05, 0.1) is 9.26 Å². The number of carbonyl (C=O) groups is 1. The van der Waals surface area contributed by atoms with Gasteiger partial charge < -0.3 is 5.73 Å². The number of hydrogen-bond acceptors (Lipinski definition) is 2. The molecule has 0 bridgehead atoms. The molecule has 0 radical (unpaired) electrons. The van der Waals surface area contributed by atoms with Crippen LogP contribution in [-0.4, -0.2) is 18.1 Å². The zero-order chi connectivity index (χ0) is 10.9. The van der Waals surface area contributed by atoms with Crippen LogP contribution in [0.3, 0.4) is 0 Å². The second-order valence-corrected chi connectivity index (χ2v) is 4.29. The molecule has 1 aromatic rings. The van der Waals surface area contributed by atoms with E-state index in [9.17, 15) is 4.79 Å². The van der Waals surface area contributed by atoms with Crippen LogP contribution in [0.15, 0.2) is 6.07 Å². The molecule has 2 amide bonds. The van der Waals surface area contributed by atoms with Crippen molar-refractivity contribution in [3.63, 3.8) is 0 Å². The fourth-order valence-corrected chi connectivity index (χ4v) is 1.88. The summed E-state index contributed by atoms with van der Waals surface area (Å²) in [6.07, 6.45) is 0. The van der Waals surface area contributed by atoms with Gasteiger partial charge in [-0.1, -0.05) is 23.2 Å². The van der Waals surface area contributed by atoms with Crippen molar-refractivity contribution >= 4 is 57.5 Å². The van der Waals surface area contributed by atoms with Crippen LogP contribution in [0.5, 0.6) is 0 Å². The molecule has 1 heterocycles. The molecule has 0 aliphatic carbocycles. The zero-order valence-electron chi connectivity index (χ0n) is 7.09. The molecule has 4 nitrogen and oxygen atoms in total. The first-order chi connectivity index (χ1) is 6.43. The maximum Gasteiger partial charge on any atom is 0.319 e. The average Bonchev–Trinajstić information content (AvgIpc) is 2.09. The van der Waals surface area contributed by atoms with Crippen LogP contribution in [0.4, 0.5) is 10.5 Å². The van der Waals surface area contributed by atoms with Gasteiger partial charge in [-0.05, 0) is 22.6 Å². The van der Waals surface area contributed by atoms with Crippen molar-refractivity contribution in [3.8, 4) is 0 Å². The summed E-state index contributed by atoms with van der Waals surface area (Å²) in [5.41, 5.74) is 5.66. The smallest absolute Gasteiger partial charge is 0.319 e. The van der Waals surface area contributed by atoms with E-state index >= 15 is 0 Å². The number of nitrogens with two attached hydrogens (primary N) is 1. The van der Waals surface area contributed by atoms with Crippen LogP contribution < -0.4 is 10.6 Å². The maximum absolute atomic E-state index is 10.9. The molecule has 0 atom stereocenters. The molecule has 14 heavy (non-hydrogen) atoms. The van der Waals surface area contributed by atoms with Crippen LogP contribution in [0.2, 0.25) is 10.3 Å². The highest BCUT2D eigenvalue weighted by Crippen LogP contribution is 2.29. The predicted octanol–water partition coefficient (Wildman–Crippen LogP) is 2.51. The Hall–Kier alpha value is -0.270. The van der Waals surface area contributed by atoms with Gasteiger partial charge >= 0.3 is 6.03 Å². The number of primary amides is 1. The van der Waals surface area contributed by atoms with Crippen molar-refractivity contribution in [1.82, 2.24) is 4.98 Å². The lowest BCUT2D eigenvalue weighted by atomic mass is 10.4. The number of anilines is 1. The third-order valence-electron chi connectivity index (χ3n) is 1.56. The molecular weight excluding hydrogens is 340 g/mol. The summed E-state index contributed by atoms with van der Waals surface area (Å²) < 4.78 is 0.634. The van der Waals surface area contributed by atoms with Gasteiger partial charge in [-0.2, -0.15) is 0 Å². The third kappa shape index (κ3) is 2.40. The molecule has 76 valence electrons. The van der Waals surface area contributed by atoms with Gasteiger partial charge in [-0.25, -0.2) is 9.78 Å².